The van der Waals surface area contributed by atoms with Crippen LogP contribution in [0.1, 0.15) is 18.4 Å². The number of hydrogen-bond donors (Lipinski definition) is 2. The van der Waals surface area contributed by atoms with Gasteiger partial charge in [0.1, 0.15) is 0 Å². The highest BCUT2D eigenvalue weighted by atomic mass is 32.2. The van der Waals surface area contributed by atoms with Crippen molar-refractivity contribution >= 4 is 29.3 Å². The molecule has 5 heteroatoms. The van der Waals surface area contributed by atoms with Crippen molar-refractivity contribution in [1.29, 1.82) is 0 Å². The van der Waals surface area contributed by atoms with E-state index in [1.165, 1.54) is 11.8 Å². The van der Waals surface area contributed by atoms with Gasteiger partial charge in [-0.1, -0.05) is 12.1 Å². The summed E-state index contributed by atoms with van der Waals surface area (Å²) in [5.74, 6) is -1.15. The van der Waals surface area contributed by atoms with E-state index in [-0.39, 0.29) is 5.91 Å². The van der Waals surface area contributed by atoms with Crippen LogP contribution in [0.5, 0.6) is 0 Å². The van der Waals surface area contributed by atoms with Crippen LogP contribution < -0.4 is 5.32 Å². The Balaban J connectivity index is 2.79. The Labute approximate surface area is 104 Å². The molecule has 92 valence electrons. The van der Waals surface area contributed by atoms with Gasteiger partial charge in [0.25, 0.3) is 0 Å². The molecule has 1 aromatic rings. The van der Waals surface area contributed by atoms with Crippen LogP contribution in [0.15, 0.2) is 24.3 Å². The summed E-state index contributed by atoms with van der Waals surface area (Å²) in [5, 5.41) is 11.6. The van der Waals surface area contributed by atoms with Crippen LogP contribution in [-0.4, -0.2) is 29.0 Å². The highest BCUT2D eigenvalue weighted by Gasteiger charge is 2.13. The number of benzene rings is 1. The number of anilines is 1. The third-order valence-electron chi connectivity index (χ3n) is 2.32. The fourth-order valence-electron chi connectivity index (χ4n) is 1.36. The van der Waals surface area contributed by atoms with Gasteiger partial charge in [-0.25, -0.2) is 0 Å². The average Bonchev–Trinajstić information content (AvgIpc) is 2.28. The summed E-state index contributed by atoms with van der Waals surface area (Å²) in [6, 6.07) is 6.92. The van der Waals surface area contributed by atoms with E-state index >= 15 is 0 Å². The molecule has 0 fully saturated rings. The molecular formula is C12H15NO3S. The minimum Gasteiger partial charge on any atom is -0.481 e. The van der Waals surface area contributed by atoms with Crippen LogP contribution in [0.2, 0.25) is 0 Å². The predicted molar refractivity (Wildman–Crippen MR) is 69.5 cm³/mol. The van der Waals surface area contributed by atoms with Crippen LogP contribution in [0.3, 0.4) is 0 Å². The summed E-state index contributed by atoms with van der Waals surface area (Å²) in [7, 11) is 0. The SMILES string of the molecule is CSCC(=O)Nc1cccc(C(C)C(=O)O)c1. The van der Waals surface area contributed by atoms with Gasteiger partial charge in [-0.3, -0.25) is 9.59 Å². The normalized spacial score (nSPS) is 11.9. The predicted octanol–water partition coefficient (Wildman–Crippen LogP) is 2.18. The summed E-state index contributed by atoms with van der Waals surface area (Å²) in [6.07, 6.45) is 1.85. The molecule has 4 nitrogen and oxygen atoms in total. The summed E-state index contributed by atoms with van der Waals surface area (Å²) < 4.78 is 0. The van der Waals surface area contributed by atoms with Crippen LogP contribution in [-0.2, 0) is 9.59 Å². The van der Waals surface area contributed by atoms with Crippen molar-refractivity contribution in [3.05, 3.63) is 29.8 Å². The first-order valence-electron chi connectivity index (χ1n) is 5.16. The van der Waals surface area contributed by atoms with Gasteiger partial charge in [-0.2, -0.15) is 11.8 Å². The zero-order chi connectivity index (χ0) is 12.8. The van der Waals surface area contributed by atoms with Gasteiger partial charge in [-0.15, -0.1) is 0 Å². The van der Waals surface area contributed by atoms with Crippen molar-refractivity contribution < 1.29 is 14.7 Å². The number of amides is 1. The third kappa shape index (κ3) is 4.11. The number of rotatable bonds is 5. The maximum absolute atomic E-state index is 11.4. The lowest BCUT2D eigenvalue weighted by atomic mass is 10.0. The third-order valence-corrected chi connectivity index (χ3v) is 2.87. The van der Waals surface area contributed by atoms with E-state index in [0.717, 1.165) is 0 Å². The monoisotopic (exact) mass is 253 g/mol. The van der Waals surface area contributed by atoms with Crippen LogP contribution >= 0.6 is 11.8 Å². The Morgan fingerprint density at radius 1 is 1.47 bits per heavy atom. The molecule has 0 heterocycles. The van der Waals surface area contributed by atoms with E-state index in [1.54, 1.807) is 31.2 Å². The smallest absolute Gasteiger partial charge is 0.310 e. The first kappa shape index (κ1) is 13.6. The van der Waals surface area contributed by atoms with Crippen molar-refractivity contribution in [2.24, 2.45) is 0 Å². The lowest BCUT2D eigenvalue weighted by Crippen LogP contribution is -2.14. The molecule has 1 unspecified atom stereocenters. The summed E-state index contributed by atoms with van der Waals surface area (Å²) in [5.41, 5.74) is 1.31. The maximum atomic E-state index is 11.4. The van der Waals surface area contributed by atoms with Crippen molar-refractivity contribution in [1.82, 2.24) is 0 Å². The Morgan fingerprint density at radius 2 is 2.18 bits per heavy atom. The quantitative estimate of drug-likeness (QED) is 0.844. The first-order valence-corrected chi connectivity index (χ1v) is 6.55. The van der Waals surface area contributed by atoms with Gasteiger partial charge in [0.05, 0.1) is 11.7 Å². The summed E-state index contributed by atoms with van der Waals surface area (Å²) >= 11 is 1.44. The number of aliphatic carboxylic acids is 1. The number of thioether (sulfide) groups is 1. The molecule has 0 saturated heterocycles. The second-order valence-electron chi connectivity index (χ2n) is 3.67. The van der Waals surface area contributed by atoms with Gasteiger partial charge in [0.2, 0.25) is 5.91 Å². The lowest BCUT2D eigenvalue weighted by Gasteiger charge is -2.09. The van der Waals surface area contributed by atoms with E-state index in [4.69, 9.17) is 5.11 Å². The van der Waals surface area contributed by atoms with Crippen molar-refractivity contribution in [2.45, 2.75) is 12.8 Å². The molecule has 17 heavy (non-hydrogen) atoms. The molecule has 0 spiro atoms. The van der Waals surface area contributed by atoms with Gasteiger partial charge >= 0.3 is 5.97 Å². The van der Waals surface area contributed by atoms with E-state index in [0.29, 0.717) is 17.0 Å². The molecule has 1 atom stereocenters. The number of hydrogen-bond acceptors (Lipinski definition) is 3. The highest BCUT2D eigenvalue weighted by molar-refractivity contribution is 7.99. The minimum absolute atomic E-state index is 0.0855. The molecule has 1 amide bonds. The van der Waals surface area contributed by atoms with Crippen molar-refractivity contribution in [3.63, 3.8) is 0 Å². The van der Waals surface area contributed by atoms with Crippen molar-refractivity contribution in [2.75, 3.05) is 17.3 Å². The number of carboxylic acid groups (broad SMARTS) is 1. The van der Waals surface area contributed by atoms with Crippen LogP contribution in [0.25, 0.3) is 0 Å². The second kappa shape index (κ2) is 6.30. The Kier molecular flexibility index (Phi) is 5.03. The molecule has 0 saturated carbocycles. The number of nitrogens with one attached hydrogen (secondary N) is 1. The Hall–Kier alpha value is -1.49. The van der Waals surface area contributed by atoms with E-state index < -0.39 is 11.9 Å². The highest BCUT2D eigenvalue weighted by Crippen LogP contribution is 2.19. The summed E-state index contributed by atoms with van der Waals surface area (Å²) in [6.45, 7) is 1.62. The van der Waals surface area contributed by atoms with Gasteiger partial charge in [-0.05, 0) is 30.9 Å². The number of carboxylic acids is 1. The zero-order valence-electron chi connectivity index (χ0n) is 9.77. The largest absolute Gasteiger partial charge is 0.481 e. The van der Waals surface area contributed by atoms with Crippen LogP contribution in [0, 0.1) is 0 Å². The molecule has 1 rings (SSSR count). The van der Waals surface area contributed by atoms with E-state index in [2.05, 4.69) is 5.32 Å². The molecule has 0 aliphatic carbocycles. The second-order valence-corrected chi connectivity index (χ2v) is 4.53. The molecule has 0 aliphatic rings. The van der Waals surface area contributed by atoms with E-state index in [1.807, 2.05) is 6.26 Å². The molecular weight excluding hydrogens is 238 g/mol. The molecule has 0 aromatic heterocycles. The van der Waals surface area contributed by atoms with Crippen molar-refractivity contribution in [3.8, 4) is 0 Å². The van der Waals surface area contributed by atoms with Gasteiger partial charge in [0.15, 0.2) is 0 Å². The fraction of sp³-hybridized carbons (Fsp3) is 0.333. The Bertz CT molecular complexity index is 420. The topological polar surface area (TPSA) is 66.4 Å². The fourth-order valence-corrected chi connectivity index (χ4v) is 1.69. The zero-order valence-corrected chi connectivity index (χ0v) is 10.6. The molecule has 1 aromatic carbocycles. The van der Waals surface area contributed by atoms with Crippen LogP contribution in [0.4, 0.5) is 5.69 Å². The van der Waals surface area contributed by atoms with Gasteiger partial charge < -0.3 is 10.4 Å². The maximum Gasteiger partial charge on any atom is 0.310 e. The minimum atomic E-state index is -0.877. The number of carbonyl (C=O) groups excluding carboxylic acids is 1. The molecule has 2 N–H and O–H groups in total. The number of carbonyl (C=O) groups is 2. The first-order chi connectivity index (χ1) is 8.04. The molecule has 0 aliphatic heterocycles. The van der Waals surface area contributed by atoms with E-state index in [9.17, 15) is 9.59 Å². The summed E-state index contributed by atoms with van der Waals surface area (Å²) in [4.78, 5) is 22.2. The standard InChI is InChI=1S/C12H15NO3S/c1-8(12(15)16)9-4-3-5-10(6-9)13-11(14)7-17-2/h3-6,8H,7H2,1-2H3,(H,13,14)(H,15,16). The lowest BCUT2D eigenvalue weighted by molar-refractivity contribution is -0.138. The Morgan fingerprint density at radius 3 is 2.76 bits per heavy atom. The van der Waals surface area contributed by atoms with Gasteiger partial charge in [0, 0.05) is 5.69 Å². The molecule has 0 bridgehead atoms. The average molecular weight is 253 g/mol. The molecule has 0 radical (unpaired) electrons.